The van der Waals surface area contributed by atoms with Crippen molar-refractivity contribution in [3.63, 3.8) is 0 Å². The van der Waals surface area contributed by atoms with Crippen molar-refractivity contribution in [2.75, 3.05) is 18.4 Å². The maximum Gasteiger partial charge on any atom is 0.265 e. The zero-order valence-corrected chi connectivity index (χ0v) is 14.0. The number of carbonyl (C=O) groups is 2. The Morgan fingerprint density at radius 2 is 2.28 bits per heavy atom. The zero-order chi connectivity index (χ0) is 17.4. The van der Waals surface area contributed by atoms with Crippen LogP contribution in [0.25, 0.3) is 0 Å². The minimum absolute atomic E-state index is 0.0648. The molecule has 0 spiro atoms. The third kappa shape index (κ3) is 2.86. The fourth-order valence-corrected chi connectivity index (χ4v) is 3.43. The summed E-state index contributed by atoms with van der Waals surface area (Å²) in [5.74, 6) is 0.199. The number of benzene rings is 1. The van der Waals surface area contributed by atoms with Crippen LogP contribution in [0.1, 0.15) is 36.2 Å². The molecule has 130 valence electrons. The van der Waals surface area contributed by atoms with Gasteiger partial charge in [-0.05, 0) is 31.9 Å². The third-order valence-corrected chi connectivity index (χ3v) is 4.80. The first-order chi connectivity index (χ1) is 12.1. The zero-order valence-electron chi connectivity index (χ0n) is 14.0. The number of anilines is 1. The number of hydrogen-bond acceptors (Lipinski definition) is 4. The lowest BCUT2D eigenvalue weighted by atomic mass is 10.0. The van der Waals surface area contributed by atoms with Crippen LogP contribution in [-0.4, -0.2) is 45.5 Å². The van der Waals surface area contributed by atoms with Gasteiger partial charge in [-0.15, -0.1) is 0 Å². The minimum Gasteiger partial charge on any atom is -0.478 e. The number of hydrogen-bond donors (Lipinski definition) is 1. The van der Waals surface area contributed by atoms with E-state index < -0.39 is 6.10 Å². The lowest BCUT2D eigenvalue weighted by Crippen LogP contribution is -2.41. The molecule has 0 saturated carbocycles. The molecule has 3 heterocycles. The number of para-hydroxylation sites is 1. The summed E-state index contributed by atoms with van der Waals surface area (Å²) in [5, 5.41) is 2.79. The molecule has 0 unspecified atom stereocenters. The maximum atomic E-state index is 13.1. The molecule has 1 saturated heterocycles. The lowest BCUT2D eigenvalue weighted by molar-refractivity contribution is -0.122. The van der Waals surface area contributed by atoms with Gasteiger partial charge in [0.1, 0.15) is 0 Å². The van der Waals surface area contributed by atoms with E-state index in [1.165, 1.54) is 0 Å². The highest BCUT2D eigenvalue weighted by Crippen LogP contribution is 2.35. The van der Waals surface area contributed by atoms with Crippen LogP contribution in [0.3, 0.4) is 0 Å². The van der Waals surface area contributed by atoms with Crippen molar-refractivity contribution in [1.82, 2.24) is 14.5 Å². The number of piperidine rings is 1. The number of nitrogens with zero attached hydrogens (tertiary/aromatic N) is 3. The van der Waals surface area contributed by atoms with Gasteiger partial charge in [-0.2, -0.15) is 0 Å². The summed E-state index contributed by atoms with van der Waals surface area (Å²) in [7, 11) is 0. The van der Waals surface area contributed by atoms with E-state index in [-0.39, 0.29) is 17.9 Å². The van der Waals surface area contributed by atoms with Crippen LogP contribution in [0.5, 0.6) is 5.75 Å². The fourth-order valence-electron chi connectivity index (χ4n) is 3.43. The number of rotatable bonds is 2. The van der Waals surface area contributed by atoms with E-state index in [2.05, 4.69) is 14.9 Å². The largest absolute Gasteiger partial charge is 0.478 e. The average molecular weight is 340 g/mol. The van der Waals surface area contributed by atoms with E-state index in [0.29, 0.717) is 23.5 Å². The van der Waals surface area contributed by atoms with Crippen LogP contribution in [0.4, 0.5) is 5.69 Å². The standard InChI is InChI=1S/C18H20N4O3/c1-12-17(23)20-15-6-2-5-14(16(15)25-12)18(24)21-8-3-4-13(10-21)22-9-7-19-11-22/h2,5-7,9,11-13H,3-4,8,10H2,1H3,(H,20,23)/t12-,13-/m1/s1. The van der Waals surface area contributed by atoms with Gasteiger partial charge in [0.05, 0.1) is 23.6 Å². The summed E-state index contributed by atoms with van der Waals surface area (Å²) >= 11 is 0. The summed E-state index contributed by atoms with van der Waals surface area (Å²) < 4.78 is 7.77. The number of imidazole rings is 1. The summed E-state index contributed by atoms with van der Waals surface area (Å²) in [6, 6.07) is 5.51. The Hall–Kier alpha value is -2.83. The van der Waals surface area contributed by atoms with Gasteiger partial charge < -0.3 is 19.5 Å². The topological polar surface area (TPSA) is 76.5 Å². The SMILES string of the molecule is C[C@H]1Oc2c(cccc2C(=O)N2CCC[C@@H](n3ccnc3)C2)NC1=O. The van der Waals surface area contributed by atoms with Gasteiger partial charge in [0.25, 0.3) is 11.8 Å². The van der Waals surface area contributed by atoms with E-state index in [1.807, 2.05) is 11.1 Å². The first-order valence-electron chi connectivity index (χ1n) is 8.51. The number of aromatic nitrogens is 2. The first-order valence-corrected chi connectivity index (χ1v) is 8.51. The minimum atomic E-state index is -0.610. The van der Waals surface area contributed by atoms with Gasteiger partial charge in [-0.1, -0.05) is 6.07 Å². The highest BCUT2D eigenvalue weighted by molar-refractivity contribution is 6.04. The third-order valence-electron chi connectivity index (χ3n) is 4.80. The average Bonchev–Trinajstić information content (AvgIpc) is 3.16. The van der Waals surface area contributed by atoms with Gasteiger partial charge >= 0.3 is 0 Å². The number of likely N-dealkylation sites (tertiary alicyclic amines) is 1. The monoisotopic (exact) mass is 340 g/mol. The number of amides is 2. The predicted octanol–water partition coefficient (Wildman–Crippen LogP) is 2.08. The molecule has 1 fully saturated rings. The number of nitrogens with one attached hydrogen (secondary N) is 1. The van der Waals surface area contributed by atoms with Gasteiger partial charge in [-0.25, -0.2) is 4.98 Å². The van der Waals surface area contributed by atoms with Crippen molar-refractivity contribution in [1.29, 1.82) is 0 Å². The predicted molar refractivity (Wildman–Crippen MR) is 91.6 cm³/mol. The van der Waals surface area contributed by atoms with Crippen molar-refractivity contribution < 1.29 is 14.3 Å². The Bertz CT molecular complexity index is 803. The van der Waals surface area contributed by atoms with Crippen LogP contribution < -0.4 is 10.1 Å². The van der Waals surface area contributed by atoms with Crippen molar-refractivity contribution in [3.8, 4) is 5.75 Å². The molecule has 0 bridgehead atoms. The second-order valence-corrected chi connectivity index (χ2v) is 6.49. The van der Waals surface area contributed by atoms with Crippen LogP contribution in [-0.2, 0) is 4.79 Å². The molecule has 1 N–H and O–H groups in total. The van der Waals surface area contributed by atoms with Crippen LogP contribution in [0.2, 0.25) is 0 Å². The molecule has 2 aliphatic rings. The lowest BCUT2D eigenvalue weighted by Gasteiger charge is -2.34. The molecule has 4 rings (SSSR count). The molecule has 25 heavy (non-hydrogen) atoms. The second kappa shape index (κ2) is 6.23. The summed E-state index contributed by atoms with van der Waals surface area (Å²) in [4.78, 5) is 30.8. The van der Waals surface area contributed by atoms with Crippen molar-refractivity contribution in [2.45, 2.75) is 31.9 Å². The molecule has 1 aromatic heterocycles. The van der Waals surface area contributed by atoms with Crippen molar-refractivity contribution in [3.05, 3.63) is 42.5 Å². The molecule has 2 aromatic rings. The van der Waals surface area contributed by atoms with E-state index in [4.69, 9.17) is 4.74 Å². The highest BCUT2D eigenvalue weighted by Gasteiger charge is 2.31. The second-order valence-electron chi connectivity index (χ2n) is 6.49. The quantitative estimate of drug-likeness (QED) is 0.908. The summed E-state index contributed by atoms with van der Waals surface area (Å²) in [5.41, 5.74) is 1.05. The van der Waals surface area contributed by atoms with E-state index >= 15 is 0 Å². The van der Waals surface area contributed by atoms with Crippen LogP contribution in [0, 0.1) is 0 Å². The Morgan fingerprint density at radius 1 is 1.40 bits per heavy atom. The van der Waals surface area contributed by atoms with Crippen molar-refractivity contribution in [2.24, 2.45) is 0 Å². The van der Waals surface area contributed by atoms with E-state index in [9.17, 15) is 9.59 Å². The Morgan fingerprint density at radius 3 is 3.08 bits per heavy atom. The molecule has 2 atom stereocenters. The fraction of sp³-hybridized carbons (Fsp3) is 0.389. The Kier molecular flexibility index (Phi) is 3.91. The van der Waals surface area contributed by atoms with E-state index in [0.717, 1.165) is 19.4 Å². The van der Waals surface area contributed by atoms with Gasteiger partial charge in [0, 0.05) is 25.5 Å². The first kappa shape index (κ1) is 15.7. The smallest absolute Gasteiger partial charge is 0.265 e. The normalized spacial score (nSPS) is 22.8. The molecular formula is C18H20N4O3. The van der Waals surface area contributed by atoms with Gasteiger partial charge in [0.15, 0.2) is 11.9 Å². The van der Waals surface area contributed by atoms with Crippen LogP contribution >= 0.6 is 0 Å². The van der Waals surface area contributed by atoms with Gasteiger partial charge in [-0.3, -0.25) is 9.59 Å². The molecular weight excluding hydrogens is 320 g/mol. The maximum absolute atomic E-state index is 13.1. The summed E-state index contributed by atoms with van der Waals surface area (Å²) in [6.07, 6.45) is 6.84. The molecule has 0 aliphatic carbocycles. The highest BCUT2D eigenvalue weighted by atomic mass is 16.5. The number of fused-ring (bicyclic) bond motifs is 1. The molecule has 0 radical (unpaired) electrons. The molecule has 2 amide bonds. The van der Waals surface area contributed by atoms with Crippen LogP contribution in [0.15, 0.2) is 36.9 Å². The molecule has 2 aliphatic heterocycles. The summed E-state index contributed by atoms with van der Waals surface area (Å²) in [6.45, 7) is 3.03. The molecule has 1 aromatic carbocycles. The number of carbonyl (C=O) groups excluding carboxylic acids is 2. The molecule has 7 heteroatoms. The Balaban J connectivity index is 1.59. The Labute approximate surface area is 145 Å². The van der Waals surface area contributed by atoms with Crippen molar-refractivity contribution >= 4 is 17.5 Å². The number of ether oxygens (including phenoxy) is 1. The van der Waals surface area contributed by atoms with E-state index in [1.54, 1.807) is 37.6 Å². The van der Waals surface area contributed by atoms with Gasteiger partial charge in [0.2, 0.25) is 0 Å². The molecule has 7 nitrogen and oxygen atoms in total.